The van der Waals surface area contributed by atoms with Gasteiger partial charge in [-0.05, 0) is 46.2 Å². The Balaban J connectivity index is 2.26. The molecule has 108 valence electrons. The van der Waals surface area contributed by atoms with Crippen LogP contribution in [-0.2, 0) is 6.54 Å². The Morgan fingerprint density at radius 1 is 1.15 bits per heavy atom. The van der Waals surface area contributed by atoms with Crippen LogP contribution in [0, 0.1) is 27.7 Å². The minimum absolute atomic E-state index is 0.649. The van der Waals surface area contributed by atoms with E-state index in [4.69, 9.17) is 0 Å². The van der Waals surface area contributed by atoms with Gasteiger partial charge in [0.05, 0.1) is 5.69 Å². The Kier molecular flexibility index (Phi) is 4.49. The largest absolute Gasteiger partial charge is 0.313 e. The molecular formula is C15H23N5. The average molecular weight is 273 g/mol. The van der Waals surface area contributed by atoms with E-state index in [0.717, 1.165) is 42.2 Å². The van der Waals surface area contributed by atoms with Crippen LogP contribution >= 0.6 is 0 Å². The average Bonchev–Trinajstić information content (AvgIpc) is 2.68. The molecule has 2 aromatic heterocycles. The summed E-state index contributed by atoms with van der Waals surface area (Å²) in [4.78, 5) is 9.04. The van der Waals surface area contributed by atoms with Gasteiger partial charge in [0.15, 0.2) is 0 Å². The quantitative estimate of drug-likeness (QED) is 0.850. The molecule has 2 rings (SSSR count). The van der Waals surface area contributed by atoms with Crippen LogP contribution in [0.15, 0.2) is 6.20 Å². The number of aromatic nitrogens is 4. The van der Waals surface area contributed by atoms with E-state index in [1.807, 2.05) is 31.6 Å². The summed E-state index contributed by atoms with van der Waals surface area (Å²) in [6.45, 7) is 12.1. The molecule has 5 nitrogen and oxygen atoms in total. The van der Waals surface area contributed by atoms with Gasteiger partial charge < -0.3 is 5.32 Å². The van der Waals surface area contributed by atoms with Gasteiger partial charge in [0.1, 0.15) is 0 Å². The molecule has 0 aliphatic heterocycles. The number of nitrogens with zero attached hydrogens (tertiary/aromatic N) is 4. The van der Waals surface area contributed by atoms with E-state index < -0.39 is 0 Å². The third-order valence-corrected chi connectivity index (χ3v) is 3.65. The fourth-order valence-electron chi connectivity index (χ4n) is 2.07. The van der Waals surface area contributed by atoms with E-state index in [2.05, 4.69) is 34.2 Å². The van der Waals surface area contributed by atoms with Crippen LogP contribution in [0.25, 0.3) is 5.95 Å². The summed E-state index contributed by atoms with van der Waals surface area (Å²) in [5.74, 6) is 0.649. The first-order valence-corrected chi connectivity index (χ1v) is 7.11. The first kappa shape index (κ1) is 14.7. The molecule has 2 heterocycles. The lowest BCUT2D eigenvalue weighted by Crippen LogP contribution is -2.16. The van der Waals surface area contributed by atoms with Crippen LogP contribution in [0.5, 0.6) is 0 Å². The third kappa shape index (κ3) is 2.88. The van der Waals surface area contributed by atoms with E-state index in [0.29, 0.717) is 5.95 Å². The molecule has 0 aliphatic rings. The lowest BCUT2D eigenvalue weighted by molar-refractivity contribution is 0.665. The normalized spacial score (nSPS) is 11.1. The molecule has 0 fully saturated rings. The van der Waals surface area contributed by atoms with Crippen molar-refractivity contribution in [2.45, 2.75) is 47.6 Å². The van der Waals surface area contributed by atoms with Crippen LogP contribution in [0.3, 0.4) is 0 Å². The minimum atomic E-state index is 0.649. The summed E-state index contributed by atoms with van der Waals surface area (Å²) in [5.41, 5.74) is 5.46. The predicted octanol–water partition coefficient (Wildman–Crippen LogP) is 2.40. The molecule has 0 saturated carbocycles. The van der Waals surface area contributed by atoms with Gasteiger partial charge in [-0.15, -0.1) is 0 Å². The Bertz CT molecular complexity index is 601. The highest BCUT2D eigenvalue weighted by atomic mass is 15.4. The van der Waals surface area contributed by atoms with Gasteiger partial charge in [0.25, 0.3) is 5.95 Å². The molecular weight excluding hydrogens is 250 g/mol. The Labute approximate surface area is 120 Å². The topological polar surface area (TPSA) is 55.6 Å². The molecule has 0 aromatic carbocycles. The van der Waals surface area contributed by atoms with Crippen molar-refractivity contribution < 1.29 is 0 Å². The van der Waals surface area contributed by atoms with Crippen molar-refractivity contribution in [3.63, 3.8) is 0 Å². The third-order valence-electron chi connectivity index (χ3n) is 3.65. The molecule has 0 spiro atoms. The van der Waals surface area contributed by atoms with Crippen molar-refractivity contribution in [2.75, 3.05) is 6.54 Å². The van der Waals surface area contributed by atoms with Crippen molar-refractivity contribution >= 4 is 0 Å². The molecule has 0 saturated heterocycles. The number of hydrogen-bond acceptors (Lipinski definition) is 4. The van der Waals surface area contributed by atoms with Crippen LogP contribution in [0.2, 0.25) is 0 Å². The number of hydrogen-bond donors (Lipinski definition) is 1. The fraction of sp³-hybridized carbons (Fsp3) is 0.533. The molecule has 2 aromatic rings. The van der Waals surface area contributed by atoms with Crippen molar-refractivity contribution in [2.24, 2.45) is 0 Å². The highest BCUT2D eigenvalue weighted by molar-refractivity contribution is 5.29. The van der Waals surface area contributed by atoms with E-state index >= 15 is 0 Å². The summed E-state index contributed by atoms with van der Waals surface area (Å²) in [7, 11) is 0. The van der Waals surface area contributed by atoms with E-state index in [-0.39, 0.29) is 0 Å². The minimum Gasteiger partial charge on any atom is -0.313 e. The van der Waals surface area contributed by atoms with Gasteiger partial charge >= 0.3 is 0 Å². The van der Waals surface area contributed by atoms with Crippen molar-refractivity contribution in [1.29, 1.82) is 0 Å². The Morgan fingerprint density at radius 3 is 2.45 bits per heavy atom. The van der Waals surface area contributed by atoms with Gasteiger partial charge in [-0.25, -0.2) is 14.6 Å². The smallest absolute Gasteiger partial charge is 0.250 e. The standard InChI is InChI=1S/C15H23N5/c1-6-7-16-8-14-9-17-15(18-12(14)4)20-13(5)10(2)11(3)19-20/h9,16H,6-8H2,1-5H3. The number of rotatable bonds is 5. The molecule has 1 N–H and O–H groups in total. The van der Waals surface area contributed by atoms with Crippen molar-refractivity contribution in [3.05, 3.63) is 34.4 Å². The first-order valence-electron chi connectivity index (χ1n) is 7.11. The molecule has 0 atom stereocenters. The fourth-order valence-corrected chi connectivity index (χ4v) is 2.07. The second kappa shape index (κ2) is 6.13. The maximum atomic E-state index is 4.59. The lowest BCUT2D eigenvalue weighted by atomic mass is 10.2. The molecule has 0 amide bonds. The predicted molar refractivity (Wildman–Crippen MR) is 80.1 cm³/mol. The second-order valence-electron chi connectivity index (χ2n) is 5.17. The molecule has 0 aliphatic carbocycles. The number of nitrogens with one attached hydrogen (secondary N) is 1. The number of aryl methyl sites for hydroxylation is 2. The zero-order valence-electron chi connectivity index (χ0n) is 13.0. The summed E-state index contributed by atoms with van der Waals surface area (Å²) in [6, 6.07) is 0. The second-order valence-corrected chi connectivity index (χ2v) is 5.17. The van der Waals surface area contributed by atoms with Gasteiger partial charge in [0.2, 0.25) is 0 Å². The van der Waals surface area contributed by atoms with Crippen LogP contribution in [0.4, 0.5) is 0 Å². The van der Waals surface area contributed by atoms with Crippen molar-refractivity contribution in [3.8, 4) is 5.95 Å². The molecule has 0 radical (unpaired) electrons. The summed E-state index contributed by atoms with van der Waals surface area (Å²) < 4.78 is 1.82. The molecule has 0 bridgehead atoms. The summed E-state index contributed by atoms with van der Waals surface area (Å²) in [5, 5.41) is 7.88. The van der Waals surface area contributed by atoms with E-state index in [9.17, 15) is 0 Å². The monoisotopic (exact) mass is 273 g/mol. The maximum Gasteiger partial charge on any atom is 0.250 e. The zero-order chi connectivity index (χ0) is 14.7. The maximum absolute atomic E-state index is 4.59. The van der Waals surface area contributed by atoms with E-state index in [1.54, 1.807) is 0 Å². The first-order chi connectivity index (χ1) is 9.54. The van der Waals surface area contributed by atoms with E-state index in [1.165, 1.54) is 5.56 Å². The Hall–Kier alpha value is -1.75. The Morgan fingerprint density at radius 2 is 1.90 bits per heavy atom. The van der Waals surface area contributed by atoms with Gasteiger partial charge in [-0.3, -0.25) is 0 Å². The molecule has 20 heavy (non-hydrogen) atoms. The highest BCUT2D eigenvalue weighted by Crippen LogP contribution is 2.15. The zero-order valence-corrected chi connectivity index (χ0v) is 13.0. The van der Waals surface area contributed by atoms with Gasteiger partial charge in [0, 0.05) is 29.7 Å². The van der Waals surface area contributed by atoms with Gasteiger partial charge in [-0.2, -0.15) is 5.10 Å². The summed E-state index contributed by atoms with van der Waals surface area (Å²) >= 11 is 0. The van der Waals surface area contributed by atoms with Crippen LogP contribution in [-0.4, -0.2) is 26.3 Å². The van der Waals surface area contributed by atoms with Crippen LogP contribution < -0.4 is 5.32 Å². The lowest BCUT2D eigenvalue weighted by Gasteiger charge is -2.08. The van der Waals surface area contributed by atoms with Gasteiger partial charge in [-0.1, -0.05) is 6.92 Å². The molecule has 0 unspecified atom stereocenters. The SMILES string of the molecule is CCCNCc1cnc(-n2nc(C)c(C)c2C)nc1C. The van der Waals surface area contributed by atoms with Crippen LogP contribution in [0.1, 0.15) is 41.6 Å². The van der Waals surface area contributed by atoms with Crippen molar-refractivity contribution in [1.82, 2.24) is 25.1 Å². The summed E-state index contributed by atoms with van der Waals surface area (Å²) in [6.07, 6.45) is 3.02. The molecule has 5 heteroatoms. The highest BCUT2D eigenvalue weighted by Gasteiger charge is 2.12.